The molecule has 0 aliphatic rings. The zero-order valence-electron chi connectivity index (χ0n) is 4.84. The summed E-state index contributed by atoms with van der Waals surface area (Å²) in [6.07, 6.45) is 0. The molecule has 0 saturated heterocycles. The highest BCUT2D eigenvalue weighted by Crippen LogP contribution is 1.84. The molecule has 0 unspecified atom stereocenters. The second kappa shape index (κ2) is 4.07. The van der Waals surface area contributed by atoms with Crippen LogP contribution < -0.4 is 0 Å². The summed E-state index contributed by atoms with van der Waals surface area (Å²) in [6, 6.07) is 0. The van der Waals surface area contributed by atoms with Gasteiger partial charge in [-0.25, -0.2) is 4.18 Å². The van der Waals surface area contributed by atoms with E-state index in [0.29, 0.717) is 0 Å². The molecular formula is C2H5N3O4S. The van der Waals surface area contributed by atoms with Crippen LogP contribution in [0, 0.1) is 0 Å². The largest absolute Gasteiger partial charge is 0.397 e. The Morgan fingerprint density at radius 2 is 2.30 bits per heavy atom. The van der Waals surface area contributed by atoms with Gasteiger partial charge >= 0.3 is 10.4 Å². The van der Waals surface area contributed by atoms with Crippen LogP contribution in [0.2, 0.25) is 0 Å². The van der Waals surface area contributed by atoms with Crippen LogP contribution in [0.15, 0.2) is 5.11 Å². The second-order valence-corrected chi connectivity index (χ2v) is 2.30. The molecule has 8 heteroatoms. The van der Waals surface area contributed by atoms with Crippen molar-refractivity contribution in [2.24, 2.45) is 5.11 Å². The standard InChI is InChI=1S/C2H5N3O4S/c3-5-4-1-2-9-10(6,7)8/h1-2H2,(H,6,7,8). The van der Waals surface area contributed by atoms with Gasteiger partial charge in [-0.2, -0.15) is 8.42 Å². The maximum Gasteiger partial charge on any atom is 0.397 e. The number of azide groups is 1. The molecule has 0 rings (SSSR count). The highest BCUT2D eigenvalue weighted by atomic mass is 32.3. The molecule has 0 saturated carbocycles. The van der Waals surface area contributed by atoms with Gasteiger partial charge in [0, 0.05) is 4.91 Å². The Labute approximate surface area is 57.2 Å². The van der Waals surface area contributed by atoms with Crippen molar-refractivity contribution in [1.29, 1.82) is 0 Å². The van der Waals surface area contributed by atoms with Crippen LogP contribution in [-0.4, -0.2) is 26.1 Å². The predicted octanol–water partition coefficient (Wildman–Crippen LogP) is 0.116. The van der Waals surface area contributed by atoms with Crippen LogP contribution in [0.25, 0.3) is 10.4 Å². The first-order valence-corrected chi connectivity index (χ1v) is 3.55. The topological polar surface area (TPSA) is 112 Å². The first kappa shape index (κ1) is 9.18. The molecule has 0 bridgehead atoms. The van der Waals surface area contributed by atoms with E-state index >= 15 is 0 Å². The third-order valence-corrected chi connectivity index (χ3v) is 0.951. The molecule has 0 aliphatic carbocycles. The Morgan fingerprint density at radius 1 is 1.70 bits per heavy atom. The van der Waals surface area contributed by atoms with E-state index in [1.165, 1.54) is 0 Å². The molecule has 7 nitrogen and oxygen atoms in total. The van der Waals surface area contributed by atoms with Gasteiger partial charge in [-0.3, -0.25) is 4.55 Å². The van der Waals surface area contributed by atoms with Crippen LogP contribution in [0.5, 0.6) is 0 Å². The Morgan fingerprint density at radius 3 is 2.70 bits per heavy atom. The summed E-state index contributed by atoms with van der Waals surface area (Å²) in [6.45, 7) is -0.473. The fourth-order valence-electron chi connectivity index (χ4n) is 0.228. The molecule has 0 heterocycles. The summed E-state index contributed by atoms with van der Waals surface area (Å²) >= 11 is 0. The van der Waals surface area contributed by atoms with Crippen molar-refractivity contribution in [3.05, 3.63) is 10.4 Å². The van der Waals surface area contributed by atoms with Gasteiger partial charge < -0.3 is 0 Å². The van der Waals surface area contributed by atoms with Gasteiger partial charge in [0.1, 0.15) is 0 Å². The zero-order chi connectivity index (χ0) is 8.04. The number of nitrogens with zero attached hydrogens (tertiary/aromatic N) is 3. The van der Waals surface area contributed by atoms with E-state index in [2.05, 4.69) is 14.2 Å². The van der Waals surface area contributed by atoms with Gasteiger partial charge in [0.2, 0.25) is 0 Å². The summed E-state index contributed by atoms with van der Waals surface area (Å²) in [5.41, 5.74) is 7.69. The number of hydrogen-bond acceptors (Lipinski definition) is 4. The number of hydrogen-bond donors (Lipinski definition) is 1. The van der Waals surface area contributed by atoms with Crippen LogP contribution in [0.4, 0.5) is 0 Å². The zero-order valence-corrected chi connectivity index (χ0v) is 5.65. The maximum absolute atomic E-state index is 9.79. The molecule has 0 aromatic heterocycles. The van der Waals surface area contributed by atoms with E-state index in [1.54, 1.807) is 0 Å². The van der Waals surface area contributed by atoms with E-state index in [4.69, 9.17) is 10.1 Å². The molecule has 0 fully saturated rings. The third kappa shape index (κ3) is 7.18. The Bertz CT molecular complexity index is 227. The fourth-order valence-corrected chi connectivity index (χ4v) is 0.513. The van der Waals surface area contributed by atoms with Crippen molar-refractivity contribution in [3.63, 3.8) is 0 Å². The molecule has 1 N–H and O–H groups in total. The lowest BCUT2D eigenvalue weighted by molar-refractivity contribution is 0.276. The molecule has 0 radical (unpaired) electrons. The molecule has 0 aliphatic heterocycles. The molecule has 0 amide bonds. The van der Waals surface area contributed by atoms with Crippen LogP contribution in [0.1, 0.15) is 0 Å². The molecule has 0 aromatic rings. The smallest absolute Gasteiger partial charge is 0.264 e. The third-order valence-electron chi connectivity index (χ3n) is 0.487. The quantitative estimate of drug-likeness (QED) is 0.210. The van der Waals surface area contributed by atoms with E-state index in [-0.39, 0.29) is 13.2 Å². The summed E-state index contributed by atoms with van der Waals surface area (Å²) in [5.74, 6) is 0. The van der Waals surface area contributed by atoms with Crippen LogP contribution >= 0.6 is 0 Å². The van der Waals surface area contributed by atoms with Gasteiger partial charge in [-0.1, -0.05) is 5.11 Å². The van der Waals surface area contributed by atoms with Crippen molar-refractivity contribution < 1.29 is 17.2 Å². The normalized spacial score (nSPS) is 10.5. The van der Waals surface area contributed by atoms with Crippen molar-refractivity contribution >= 4 is 10.4 Å². The Hall–Kier alpha value is -0.820. The minimum Gasteiger partial charge on any atom is -0.264 e. The lowest BCUT2D eigenvalue weighted by Crippen LogP contribution is -2.06. The van der Waals surface area contributed by atoms with E-state index in [0.717, 1.165) is 0 Å². The van der Waals surface area contributed by atoms with Crippen molar-refractivity contribution in [2.45, 2.75) is 0 Å². The van der Waals surface area contributed by atoms with E-state index < -0.39 is 10.4 Å². The van der Waals surface area contributed by atoms with Gasteiger partial charge in [-0.05, 0) is 5.53 Å². The average molecular weight is 167 g/mol. The highest BCUT2D eigenvalue weighted by Gasteiger charge is 2.01. The van der Waals surface area contributed by atoms with Crippen LogP contribution in [0.3, 0.4) is 0 Å². The van der Waals surface area contributed by atoms with E-state index in [9.17, 15) is 8.42 Å². The molecule has 10 heavy (non-hydrogen) atoms. The minimum atomic E-state index is -4.39. The van der Waals surface area contributed by atoms with Crippen molar-refractivity contribution in [1.82, 2.24) is 0 Å². The monoisotopic (exact) mass is 167 g/mol. The van der Waals surface area contributed by atoms with Crippen molar-refractivity contribution in [2.75, 3.05) is 13.2 Å². The fraction of sp³-hybridized carbons (Fsp3) is 1.00. The maximum atomic E-state index is 9.79. The SMILES string of the molecule is [N-]=[N+]=NCCOS(=O)(=O)O. The first-order valence-electron chi connectivity index (χ1n) is 2.19. The Balaban J connectivity index is 3.48. The van der Waals surface area contributed by atoms with Crippen molar-refractivity contribution in [3.8, 4) is 0 Å². The molecular weight excluding hydrogens is 162 g/mol. The van der Waals surface area contributed by atoms with E-state index in [1.807, 2.05) is 0 Å². The van der Waals surface area contributed by atoms with Gasteiger partial charge in [0.25, 0.3) is 0 Å². The lowest BCUT2D eigenvalue weighted by atomic mass is 10.8. The molecule has 0 spiro atoms. The summed E-state index contributed by atoms with van der Waals surface area (Å²) < 4.78 is 31.3. The average Bonchev–Trinajstić information content (AvgIpc) is 1.78. The summed E-state index contributed by atoms with van der Waals surface area (Å²) in [5, 5.41) is 2.95. The summed E-state index contributed by atoms with van der Waals surface area (Å²) in [7, 11) is -4.39. The minimum absolute atomic E-state index is 0.129. The number of rotatable bonds is 4. The molecule has 0 aromatic carbocycles. The highest BCUT2D eigenvalue weighted by molar-refractivity contribution is 7.80. The van der Waals surface area contributed by atoms with Gasteiger partial charge in [0.15, 0.2) is 0 Å². The lowest BCUT2D eigenvalue weighted by Gasteiger charge is -1.92. The van der Waals surface area contributed by atoms with Crippen LogP contribution in [-0.2, 0) is 14.6 Å². The van der Waals surface area contributed by atoms with Gasteiger partial charge in [-0.15, -0.1) is 0 Å². The first-order chi connectivity index (χ1) is 4.56. The Kier molecular flexibility index (Phi) is 3.74. The molecule has 58 valence electrons. The second-order valence-electron chi connectivity index (χ2n) is 1.20. The molecule has 0 atom stereocenters. The summed E-state index contributed by atoms with van der Waals surface area (Å²) in [4.78, 5) is 2.32. The predicted molar refractivity (Wildman–Crippen MR) is 31.5 cm³/mol. The van der Waals surface area contributed by atoms with Gasteiger partial charge in [0.05, 0.1) is 13.2 Å².